The van der Waals surface area contributed by atoms with Gasteiger partial charge in [-0.2, -0.15) is 8.42 Å². The lowest BCUT2D eigenvalue weighted by Gasteiger charge is -2.24. The molecule has 0 saturated heterocycles. The molecular weight excluding hydrogens is 234 g/mol. The fourth-order valence-corrected chi connectivity index (χ4v) is 1.86. The van der Waals surface area contributed by atoms with E-state index in [-0.39, 0.29) is 25.9 Å². The lowest BCUT2D eigenvalue weighted by molar-refractivity contribution is -0.137. The van der Waals surface area contributed by atoms with Crippen molar-refractivity contribution >= 4 is 16.1 Å². The molecular formula is C9H17NO5S. The third-order valence-electron chi connectivity index (χ3n) is 2.27. The Morgan fingerprint density at radius 1 is 1.62 bits per heavy atom. The van der Waals surface area contributed by atoms with Gasteiger partial charge in [0.1, 0.15) is 4.87 Å². The molecule has 7 heteroatoms. The molecule has 0 spiro atoms. The van der Waals surface area contributed by atoms with Crippen LogP contribution in [-0.4, -0.2) is 30.4 Å². The van der Waals surface area contributed by atoms with Gasteiger partial charge in [0.25, 0.3) is 10.1 Å². The molecule has 0 aromatic rings. The molecule has 0 bridgehead atoms. The van der Waals surface area contributed by atoms with E-state index in [1.165, 1.54) is 0 Å². The molecule has 0 aliphatic heterocycles. The fourth-order valence-electron chi connectivity index (χ4n) is 1.09. The maximum absolute atomic E-state index is 11.0. The summed E-state index contributed by atoms with van der Waals surface area (Å²) in [6.45, 7) is 4.81. The predicted molar refractivity (Wildman–Crippen MR) is 59.1 cm³/mol. The molecule has 0 aliphatic carbocycles. The third-order valence-corrected chi connectivity index (χ3v) is 3.79. The van der Waals surface area contributed by atoms with E-state index in [0.29, 0.717) is 0 Å². The molecule has 0 aromatic heterocycles. The van der Waals surface area contributed by atoms with E-state index in [0.717, 1.165) is 6.08 Å². The van der Waals surface area contributed by atoms with Gasteiger partial charge < -0.3 is 10.5 Å². The number of hydrogen-bond donors (Lipinski definition) is 2. The Bertz CT molecular complexity index is 351. The molecule has 0 heterocycles. The third kappa shape index (κ3) is 4.30. The topological polar surface area (TPSA) is 107 Å². The van der Waals surface area contributed by atoms with Gasteiger partial charge >= 0.3 is 5.97 Å². The Labute approximate surface area is 95.2 Å². The Hall–Kier alpha value is -0.920. The van der Waals surface area contributed by atoms with Gasteiger partial charge in [-0.05, 0) is 19.3 Å². The zero-order chi connectivity index (χ0) is 12.8. The van der Waals surface area contributed by atoms with Gasteiger partial charge in [-0.15, -0.1) is 0 Å². The first-order valence-electron chi connectivity index (χ1n) is 4.82. The Kier molecular flexibility index (Phi) is 5.63. The van der Waals surface area contributed by atoms with Crippen molar-refractivity contribution in [2.75, 3.05) is 6.61 Å². The van der Waals surface area contributed by atoms with E-state index in [2.05, 4.69) is 11.3 Å². The molecule has 0 aromatic carbocycles. The minimum Gasteiger partial charge on any atom is -0.463 e. The van der Waals surface area contributed by atoms with Crippen LogP contribution in [-0.2, 0) is 19.6 Å². The van der Waals surface area contributed by atoms with Crippen LogP contribution >= 0.6 is 0 Å². The lowest BCUT2D eigenvalue weighted by atomic mass is 10.1. The first kappa shape index (κ1) is 15.1. The van der Waals surface area contributed by atoms with Crippen molar-refractivity contribution in [3.63, 3.8) is 0 Å². The van der Waals surface area contributed by atoms with Gasteiger partial charge in [0, 0.05) is 6.08 Å². The second-order valence-corrected chi connectivity index (χ2v) is 5.13. The molecule has 6 nitrogen and oxygen atoms in total. The normalized spacial score (nSPS) is 15.2. The maximum atomic E-state index is 11.0. The largest absolute Gasteiger partial charge is 0.463 e. The molecule has 94 valence electrons. The highest BCUT2D eigenvalue weighted by atomic mass is 32.2. The summed E-state index contributed by atoms with van der Waals surface area (Å²) in [6, 6.07) is 0. The summed E-state index contributed by atoms with van der Waals surface area (Å²) >= 11 is 0. The van der Waals surface area contributed by atoms with Crippen molar-refractivity contribution in [2.24, 2.45) is 5.73 Å². The SMILES string of the molecule is C=CC(=O)OCCCC(N)(CC)S(=O)(=O)O. The van der Waals surface area contributed by atoms with Crippen LogP contribution < -0.4 is 5.73 Å². The van der Waals surface area contributed by atoms with E-state index in [9.17, 15) is 13.2 Å². The van der Waals surface area contributed by atoms with Crippen LogP contribution in [0.5, 0.6) is 0 Å². The molecule has 0 fully saturated rings. The molecule has 0 rings (SSSR count). The van der Waals surface area contributed by atoms with Crippen LogP contribution in [0.25, 0.3) is 0 Å². The Morgan fingerprint density at radius 2 is 2.19 bits per heavy atom. The van der Waals surface area contributed by atoms with Crippen LogP contribution in [0.4, 0.5) is 0 Å². The average molecular weight is 251 g/mol. The number of ether oxygens (including phenoxy) is 1. The lowest BCUT2D eigenvalue weighted by Crippen LogP contribution is -2.47. The fraction of sp³-hybridized carbons (Fsp3) is 0.667. The van der Waals surface area contributed by atoms with E-state index in [1.807, 2.05) is 0 Å². The first-order chi connectivity index (χ1) is 7.27. The van der Waals surface area contributed by atoms with Crippen molar-refractivity contribution in [1.82, 2.24) is 0 Å². The van der Waals surface area contributed by atoms with Gasteiger partial charge in [-0.25, -0.2) is 4.79 Å². The number of carbonyl (C=O) groups is 1. The smallest absolute Gasteiger partial charge is 0.330 e. The van der Waals surface area contributed by atoms with Crippen LogP contribution in [0.3, 0.4) is 0 Å². The molecule has 16 heavy (non-hydrogen) atoms. The van der Waals surface area contributed by atoms with Crippen molar-refractivity contribution in [1.29, 1.82) is 0 Å². The van der Waals surface area contributed by atoms with E-state index >= 15 is 0 Å². The van der Waals surface area contributed by atoms with E-state index < -0.39 is 21.0 Å². The minimum atomic E-state index is -4.30. The minimum absolute atomic E-state index is 0.0206. The molecule has 0 radical (unpaired) electrons. The van der Waals surface area contributed by atoms with Crippen LogP contribution in [0.15, 0.2) is 12.7 Å². The van der Waals surface area contributed by atoms with E-state index in [4.69, 9.17) is 10.3 Å². The summed E-state index contributed by atoms with van der Waals surface area (Å²) in [5, 5.41) is 0. The van der Waals surface area contributed by atoms with Crippen molar-refractivity contribution in [2.45, 2.75) is 31.1 Å². The highest BCUT2D eigenvalue weighted by Crippen LogP contribution is 2.20. The molecule has 0 amide bonds. The second kappa shape index (κ2) is 5.97. The second-order valence-electron chi connectivity index (χ2n) is 3.37. The van der Waals surface area contributed by atoms with Gasteiger partial charge in [0.15, 0.2) is 0 Å². The van der Waals surface area contributed by atoms with Crippen molar-refractivity contribution in [3.8, 4) is 0 Å². The number of nitrogens with two attached hydrogens (primary N) is 1. The van der Waals surface area contributed by atoms with Crippen LogP contribution in [0.2, 0.25) is 0 Å². The average Bonchev–Trinajstić information content (AvgIpc) is 2.21. The molecule has 3 N–H and O–H groups in total. The number of esters is 1. The Morgan fingerprint density at radius 3 is 2.56 bits per heavy atom. The molecule has 0 aliphatic rings. The van der Waals surface area contributed by atoms with Crippen LogP contribution in [0, 0.1) is 0 Å². The highest BCUT2D eigenvalue weighted by molar-refractivity contribution is 7.87. The summed E-state index contributed by atoms with van der Waals surface area (Å²) < 4.78 is 35.5. The monoisotopic (exact) mass is 251 g/mol. The van der Waals surface area contributed by atoms with Gasteiger partial charge in [0.2, 0.25) is 0 Å². The van der Waals surface area contributed by atoms with Crippen molar-refractivity contribution in [3.05, 3.63) is 12.7 Å². The zero-order valence-corrected chi connectivity index (χ0v) is 10.00. The summed E-state index contributed by atoms with van der Waals surface area (Å²) in [6.07, 6.45) is 1.37. The molecule has 1 atom stereocenters. The van der Waals surface area contributed by atoms with Gasteiger partial charge in [-0.3, -0.25) is 4.55 Å². The van der Waals surface area contributed by atoms with Crippen molar-refractivity contribution < 1.29 is 22.5 Å². The molecule has 0 saturated carbocycles. The standard InChI is InChI=1S/C9H17NO5S/c1-3-8(11)15-7-5-6-9(10,4-2)16(12,13)14/h3H,1,4-7,10H2,2H3,(H,12,13,14). The predicted octanol–water partition coefficient (Wildman–Crippen LogP) is 0.449. The summed E-state index contributed by atoms with van der Waals surface area (Å²) in [5.74, 6) is -0.578. The zero-order valence-electron chi connectivity index (χ0n) is 9.18. The Balaban J connectivity index is 4.18. The first-order valence-corrected chi connectivity index (χ1v) is 6.26. The number of carbonyl (C=O) groups excluding carboxylic acids is 1. The van der Waals surface area contributed by atoms with Crippen LogP contribution in [0.1, 0.15) is 26.2 Å². The number of rotatable bonds is 7. The highest BCUT2D eigenvalue weighted by Gasteiger charge is 2.36. The molecule has 1 unspecified atom stereocenters. The van der Waals surface area contributed by atoms with Gasteiger partial charge in [-0.1, -0.05) is 13.5 Å². The van der Waals surface area contributed by atoms with Gasteiger partial charge in [0.05, 0.1) is 6.61 Å². The maximum Gasteiger partial charge on any atom is 0.330 e. The summed E-state index contributed by atoms with van der Waals surface area (Å²) in [7, 11) is -4.30. The number of hydrogen-bond acceptors (Lipinski definition) is 5. The van der Waals surface area contributed by atoms with E-state index in [1.54, 1.807) is 6.92 Å². The summed E-state index contributed by atoms with van der Waals surface area (Å²) in [4.78, 5) is 8.99. The quantitative estimate of drug-likeness (QED) is 0.294. The summed E-state index contributed by atoms with van der Waals surface area (Å²) in [5.41, 5.74) is 5.53.